The summed E-state index contributed by atoms with van der Waals surface area (Å²) >= 11 is 0. The molecule has 8 nitrogen and oxygen atoms in total. The van der Waals surface area contributed by atoms with Crippen molar-refractivity contribution < 1.29 is 18.0 Å². The molecule has 1 saturated heterocycles. The number of fused-ring (bicyclic) bond motifs is 1. The second-order valence-electron chi connectivity index (χ2n) is 9.59. The Morgan fingerprint density at radius 1 is 1.08 bits per heavy atom. The lowest BCUT2D eigenvalue weighted by atomic mass is 9.86. The molecule has 1 aliphatic carbocycles. The number of hydrogen-bond donors (Lipinski definition) is 1. The van der Waals surface area contributed by atoms with Crippen molar-refractivity contribution in [1.82, 2.24) is 25.1 Å². The molecular formula is C26H26F2N6O2. The van der Waals surface area contributed by atoms with Crippen LogP contribution in [0.15, 0.2) is 53.5 Å². The van der Waals surface area contributed by atoms with Crippen LogP contribution < -0.4 is 10.2 Å². The number of nitrogens with zero attached hydrogens (tertiary/aromatic N) is 5. The number of amides is 1. The number of aromatic nitrogens is 4. The van der Waals surface area contributed by atoms with Gasteiger partial charge in [0.25, 0.3) is 5.91 Å². The van der Waals surface area contributed by atoms with Crippen molar-refractivity contribution in [2.45, 2.75) is 56.5 Å². The predicted octanol–water partition coefficient (Wildman–Crippen LogP) is 4.79. The van der Waals surface area contributed by atoms with Gasteiger partial charge in [0.2, 0.25) is 12.3 Å². The first-order valence-corrected chi connectivity index (χ1v) is 12.3. The minimum Gasteiger partial charge on any atom is -0.428 e. The van der Waals surface area contributed by atoms with Gasteiger partial charge in [-0.15, -0.1) is 10.2 Å². The summed E-state index contributed by atoms with van der Waals surface area (Å²) < 4.78 is 35.4. The fourth-order valence-electron chi connectivity index (χ4n) is 5.60. The van der Waals surface area contributed by atoms with Crippen molar-refractivity contribution in [2.75, 3.05) is 11.4 Å². The van der Waals surface area contributed by atoms with Gasteiger partial charge in [-0.25, -0.2) is 13.3 Å². The summed E-state index contributed by atoms with van der Waals surface area (Å²) in [5, 5.41) is 15.3. The molecule has 186 valence electrons. The third-order valence-electron chi connectivity index (χ3n) is 7.44. The van der Waals surface area contributed by atoms with Crippen molar-refractivity contribution >= 4 is 17.1 Å². The lowest BCUT2D eigenvalue weighted by Crippen LogP contribution is -2.37. The number of carbonyl (C=O) groups is 1. The van der Waals surface area contributed by atoms with Gasteiger partial charge in [0.1, 0.15) is 11.6 Å². The van der Waals surface area contributed by atoms with Gasteiger partial charge in [0, 0.05) is 36.0 Å². The zero-order valence-corrected chi connectivity index (χ0v) is 19.6. The van der Waals surface area contributed by atoms with Gasteiger partial charge in [-0.1, -0.05) is 0 Å². The first-order chi connectivity index (χ1) is 17.6. The fraction of sp³-hybridized carbons (Fsp3) is 0.385. The lowest BCUT2D eigenvalue weighted by molar-refractivity contribution is 0.0926. The second kappa shape index (κ2) is 9.33. The second-order valence-corrected chi connectivity index (χ2v) is 9.59. The summed E-state index contributed by atoms with van der Waals surface area (Å²) in [5.74, 6) is -0.135. The Hall–Kier alpha value is -3.82. The average Bonchev–Trinajstić information content (AvgIpc) is 3.66. The van der Waals surface area contributed by atoms with Gasteiger partial charge in [0.15, 0.2) is 0 Å². The molecule has 10 heteroatoms. The molecule has 1 amide bonds. The summed E-state index contributed by atoms with van der Waals surface area (Å²) in [4.78, 5) is 15.3. The highest BCUT2D eigenvalue weighted by atomic mass is 19.1. The molecule has 0 bridgehead atoms. The number of pyridine rings is 1. The Bertz CT molecular complexity index is 1380. The topological polar surface area (TPSA) is 88.6 Å². The quantitative estimate of drug-likeness (QED) is 0.431. The largest absolute Gasteiger partial charge is 0.428 e. The molecule has 2 fully saturated rings. The summed E-state index contributed by atoms with van der Waals surface area (Å²) in [6, 6.07) is 7.20. The molecule has 6 rings (SSSR count). The minimum atomic E-state index is -0.449. The number of carbonyl (C=O) groups excluding carboxylic acids is 1. The molecule has 4 aromatic rings. The van der Waals surface area contributed by atoms with Crippen LogP contribution in [0.3, 0.4) is 0 Å². The number of benzene rings is 1. The average molecular weight is 493 g/mol. The highest BCUT2D eigenvalue weighted by Gasteiger charge is 2.30. The predicted molar refractivity (Wildman–Crippen MR) is 128 cm³/mol. The molecule has 1 saturated carbocycles. The van der Waals surface area contributed by atoms with Crippen molar-refractivity contribution in [3.05, 3.63) is 77.8 Å². The van der Waals surface area contributed by atoms with Crippen LogP contribution in [0.1, 0.15) is 72.3 Å². The first kappa shape index (κ1) is 22.6. The Morgan fingerprint density at radius 3 is 2.75 bits per heavy atom. The molecule has 1 aliphatic heterocycles. The standard InChI is InChI=1S/C26H26F2N6O2/c27-17-5-8-22(28)20(12-17)23-2-1-10-33(23)19-9-11-34-24(13-19)21(14-30-34)25(35)31-18-6-3-16(4-7-18)26-32-29-15-36-26/h5,8-9,11-16,18,23H,1-4,6-7,10H2,(H,31,35)/t16-,18-,23-/m1/s1. The SMILES string of the molecule is O=C(N[C@H]1CC[C@H](c2nnco2)CC1)c1cnn2ccc(N3CCC[C@@H]3c3cc(F)ccc3F)cc12. The van der Waals surface area contributed by atoms with E-state index in [2.05, 4.69) is 25.5 Å². The highest BCUT2D eigenvalue weighted by Crippen LogP contribution is 2.38. The third kappa shape index (κ3) is 4.20. The Labute approximate surface area is 206 Å². The smallest absolute Gasteiger partial charge is 0.255 e. The van der Waals surface area contributed by atoms with Crippen molar-refractivity contribution in [3.63, 3.8) is 0 Å². The normalized spacial score (nSPS) is 22.3. The molecule has 3 aromatic heterocycles. The lowest BCUT2D eigenvalue weighted by Gasteiger charge is -2.28. The summed E-state index contributed by atoms with van der Waals surface area (Å²) in [6.07, 6.45) is 9.73. The van der Waals surface area contributed by atoms with Crippen LogP contribution in [0, 0.1) is 11.6 Å². The number of rotatable bonds is 5. The van der Waals surface area contributed by atoms with E-state index in [-0.39, 0.29) is 23.9 Å². The van der Waals surface area contributed by atoms with Crippen LogP contribution >= 0.6 is 0 Å². The first-order valence-electron chi connectivity index (χ1n) is 12.3. The molecule has 1 N–H and O–H groups in total. The van der Waals surface area contributed by atoms with E-state index in [9.17, 15) is 13.6 Å². The van der Waals surface area contributed by atoms with Crippen LogP contribution in [-0.4, -0.2) is 38.3 Å². The molecule has 1 aromatic carbocycles. The molecule has 0 spiro atoms. The molecule has 0 radical (unpaired) electrons. The zero-order chi connectivity index (χ0) is 24.6. The fourth-order valence-corrected chi connectivity index (χ4v) is 5.60. The Balaban J connectivity index is 1.20. The van der Waals surface area contributed by atoms with Crippen LogP contribution in [0.4, 0.5) is 14.5 Å². The van der Waals surface area contributed by atoms with E-state index < -0.39 is 11.6 Å². The number of hydrogen-bond acceptors (Lipinski definition) is 6. The van der Waals surface area contributed by atoms with Crippen LogP contribution in [0.25, 0.3) is 5.52 Å². The van der Waals surface area contributed by atoms with Crippen LogP contribution in [0.2, 0.25) is 0 Å². The maximum Gasteiger partial charge on any atom is 0.255 e. The van der Waals surface area contributed by atoms with E-state index in [0.29, 0.717) is 22.5 Å². The van der Waals surface area contributed by atoms with Crippen molar-refractivity contribution in [2.24, 2.45) is 0 Å². The molecule has 2 aliphatic rings. The van der Waals surface area contributed by atoms with E-state index in [1.807, 2.05) is 12.1 Å². The maximum absolute atomic E-state index is 14.5. The summed E-state index contributed by atoms with van der Waals surface area (Å²) in [7, 11) is 0. The van der Waals surface area contributed by atoms with E-state index in [4.69, 9.17) is 4.42 Å². The van der Waals surface area contributed by atoms with E-state index in [0.717, 1.165) is 56.8 Å². The summed E-state index contributed by atoms with van der Waals surface area (Å²) in [5.41, 5.74) is 2.37. The van der Waals surface area contributed by atoms with E-state index in [1.54, 1.807) is 16.9 Å². The van der Waals surface area contributed by atoms with Gasteiger partial charge in [-0.05, 0) is 68.9 Å². The Morgan fingerprint density at radius 2 is 1.94 bits per heavy atom. The molecular weight excluding hydrogens is 466 g/mol. The van der Waals surface area contributed by atoms with Crippen molar-refractivity contribution in [3.8, 4) is 0 Å². The highest BCUT2D eigenvalue weighted by molar-refractivity contribution is 6.01. The molecule has 1 atom stereocenters. The van der Waals surface area contributed by atoms with E-state index in [1.165, 1.54) is 18.5 Å². The molecule has 4 heterocycles. The third-order valence-corrected chi connectivity index (χ3v) is 7.44. The Kier molecular flexibility index (Phi) is 5.86. The van der Waals surface area contributed by atoms with E-state index >= 15 is 0 Å². The zero-order valence-electron chi connectivity index (χ0n) is 19.6. The van der Waals surface area contributed by atoms with Gasteiger partial charge >= 0.3 is 0 Å². The van der Waals surface area contributed by atoms with Gasteiger partial charge in [-0.2, -0.15) is 5.10 Å². The number of anilines is 1. The number of halogens is 2. The van der Waals surface area contributed by atoms with Crippen LogP contribution in [-0.2, 0) is 0 Å². The maximum atomic E-state index is 14.5. The monoisotopic (exact) mass is 492 g/mol. The van der Waals surface area contributed by atoms with Gasteiger partial charge in [0.05, 0.1) is 23.3 Å². The number of nitrogens with one attached hydrogen (secondary N) is 1. The molecule has 36 heavy (non-hydrogen) atoms. The van der Waals surface area contributed by atoms with Gasteiger partial charge in [-0.3, -0.25) is 4.79 Å². The van der Waals surface area contributed by atoms with Crippen molar-refractivity contribution in [1.29, 1.82) is 0 Å². The molecule has 0 unspecified atom stereocenters. The van der Waals surface area contributed by atoms with Gasteiger partial charge < -0.3 is 14.6 Å². The summed E-state index contributed by atoms with van der Waals surface area (Å²) in [6.45, 7) is 0.718. The minimum absolute atomic E-state index is 0.0636. The van der Waals surface area contributed by atoms with Crippen LogP contribution in [0.5, 0.6) is 0 Å².